The number of hydrogen-bond donors (Lipinski definition) is 1. The third-order valence-corrected chi connectivity index (χ3v) is 3.82. The lowest BCUT2D eigenvalue weighted by molar-refractivity contribution is 0.569. The van der Waals surface area contributed by atoms with E-state index in [4.69, 9.17) is 0 Å². The largest absolute Gasteiger partial charge is 0.371 e. The summed E-state index contributed by atoms with van der Waals surface area (Å²) in [7, 11) is 0. The van der Waals surface area contributed by atoms with Gasteiger partial charge < -0.3 is 10.2 Å². The molecule has 0 aliphatic carbocycles. The lowest BCUT2D eigenvalue weighted by Crippen LogP contribution is -2.23. The molecule has 1 aromatic rings. The van der Waals surface area contributed by atoms with Crippen LogP contribution in [0.5, 0.6) is 0 Å². The summed E-state index contributed by atoms with van der Waals surface area (Å²) >= 11 is 0. The maximum Gasteiger partial charge on any atom is 0.0442 e. The van der Waals surface area contributed by atoms with Crippen molar-refractivity contribution in [2.24, 2.45) is 5.92 Å². The van der Waals surface area contributed by atoms with Gasteiger partial charge in [0.15, 0.2) is 0 Å². The van der Waals surface area contributed by atoms with E-state index in [0.717, 1.165) is 19.0 Å². The van der Waals surface area contributed by atoms with E-state index in [0.29, 0.717) is 0 Å². The number of pyridine rings is 1. The second-order valence-electron chi connectivity index (χ2n) is 5.19. The molecule has 2 rings (SSSR count). The van der Waals surface area contributed by atoms with Crippen LogP contribution in [0.15, 0.2) is 18.5 Å². The molecule has 3 heteroatoms. The first kappa shape index (κ1) is 13.3. The van der Waals surface area contributed by atoms with Crippen LogP contribution < -0.4 is 10.2 Å². The monoisotopic (exact) mass is 247 g/mol. The molecule has 2 heterocycles. The summed E-state index contributed by atoms with van der Waals surface area (Å²) in [6, 6.07) is 2.17. The first-order valence-corrected chi connectivity index (χ1v) is 7.23. The van der Waals surface area contributed by atoms with Gasteiger partial charge in [-0.2, -0.15) is 0 Å². The summed E-state index contributed by atoms with van der Waals surface area (Å²) in [5, 5.41) is 3.47. The highest BCUT2D eigenvalue weighted by Gasteiger charge is 2.22. The van der Waals surface area contributed by atoms with E-state index in [1.165, 1.54) is 43.6 Å². The van der Waals surface area contributed by atoms with Gasteiger partial charge in [-0.05, 0) is 31.4 Å². The van der Waals surface area contributed by atoms with Crippen LogP contribution in [0.3, 0.4) is 0 Å². The Labute approximate surface area is 111 Å². The van der Waals surface area contributed by atoms with E-state index < -0.39 is 0 Å². The summed E-state index contributed by atoms with van der Waals surface area (Å²) in [6.45, 7) is 8.91. The molecule has 1 fully saturated rings. The molecular formula is C15H25N3. The number of nitrogens with one attached hydrogen (secondary N) is 1. The fourth-order valence-electron chi connectivity index (χ4n) is 2.65. The van der Waals surface area contributed by atoms with E-state index >= 15 is 0 Å². The Morgan fingerprint density at radius 3 is 3.06 bits per heavy atom. The molecule has 0 spiro atoms. The van der Waals surface area contributed by atoms with Crippen molar-refractivity contribution < 1.29 is 0 Å². The predicted molar refractivity (Wildman–Crippen MR) is 76.8 cm³/mol. The van der Waals surface area contributed by atoms with Gasteiger partial charge >= 0.3 is 0 Å². The summed E-state index contributed by atoms with van der Waals surface area (Å²) in [5.41, 5.74) is 2.72. The Balaban J connectivity index is 2.03. The van der Waals surface area contributed by atoms with Crippen LogP contribution in [0, 0.1) is 5.92 Å². The van der Waals surface area contributed by atoms with Crippen LogP contribution in [0.1, 0.15) is 38.7 Å². The van der Waals surface area contributed by atoms with Gasteiger partial charge in [0.1, 0.15) is 0 Å². The van der Waals surface area contributed by atoms with Crippen molar-refractivity contribution in [2.45, 2.75) is 39.7 Å². The first-order valence-electron chi connectivity index (χ1n) is 7.23. The van der Waals surface area contributed by atoms with Crippen molar-refractivity contribution in [1.82, 2.24) is 10.3 Å². The topological polar surface area (TPSA) is 28.2 Å². The lowest BCUT2D eigenvalue weighted by Gasteiger charge is -2.22. The lowest BCUT2D eigenvalue weighted by atomic mass is 10.1. The molecule has 0 radical (unpaired) electrons. The normalized spacial score (nSPS) is 19.4. The molecule has 1 atom stereocenters. The minimum absolute atomic E-state index is 0.870. The average molecular weight is 247 g/mol. The average Bonchev–Trinajstić information content (AvgIpc) is 2.88. The van der Waals surface area contributed by atoms with E-state index in [2.05, 4.69) is 35.1 Å². The Morgan fingerprint density at radius 2 is 2.33 bits per heavy atom. The number of nitrogens with zero attached hydrogens (tertiary/aromatic N) is 2. The molecular weight excluding hydrogens is 222 g/mol. The van der Waals surface area contributed by atoms with Crippen LogP contribution in [0.4, 0.5) is 5.69 Å². The summed E-state index contributed by atoms with van der Waals surface area (Å²) in [6.07, 6.45) is 7.73. The molecule has 1 aliphatic rings. The van der Waals surface area contributed by atoms with Gasteiger partial charge in [0.25, 0.3) is 0 Å². The fraction of sp³-hybridized carbons (Fsp3) is 0.667. The van der Waals surface area contributed by atoms with Crippen LogP contribution in [-0.2, 0) is 6.54 Å². The van der Waals surface area contributed by atoms with Gasteiger partial charge in [0, 0.05) is 43.3 Å². The van der Waals surface area contributed by atoms with Crippen molar-refractivity contribution in [1.29, 1.82) is 0 Å². The second kappa shape index (κ2) is 6.74. The van der Waals surface area contributed by atoms with E-state index in [-0.39, 0.29) is 0 Å². The fourth-order valence-corrected chi connectivity index (χ4v) is 2.65. The number of rotatable bonds is 6. The molecule has 18 heavy (non-hydrogen) atoms. The Hall–Kier alpha value is -1.09. The second-order valence-corrected chi connectivity index (χ2v) is 5.19. The minimum atomic E-state index is 0.870. The highest BCUT2D eigenvalue weighted by molar-refractivity contribution is 5.53. The molecule has 0 amide bonds. The van der Waals surface area contributed by atoms with Crippen molar-refractivity contribution in [3.63, 3.8) is 0 Å². The zero-order chi connectivity index (χ0) is 12.8. The Morgan fingerprint density at radius 1 is 1.44 bits per heavy atom. The maximum atomic E-state index is 4.27. The van der Waals surface area contributed by atoms with Gasteiger partial charge in [-0.25, -0.2) is 0 Å². The van der Waals surface area contributed by atoms with Gasteiger partial charge in [-0.1, -0.05) is 20.3 Å². The first-order chi connectivity index (χ1) is 8.85. The molecule has 0 saturated carbocycles. The minimum Gasteiger partial charge on any atom is -0.371 e. The standard InChI is InChI=1S/C15H25N3/c1-3-7-16-10-14-11-17-8-5-15(14)18-9-6-13(4-2)12-18/h5,8,11,13,16H,3-4,6-7,9-10,12H2,1-2H3. The molecule has 1 saturated heterocycles. The van der Waals surface area contributed by atoms with Crippen molar-refractivity contribution in [2.75, 3.05) is 24.5 Å². The SMILES string of the molecule is CCCNCc1cnccc1N1CCC(CC)C1. The number of hydrogen-bond acceptors (Lipinski definition) is 3. The van der Waals surface area contributed by atoms with E-state index in [1.54, 1.807) is 0 Å². The van der Waals surface area contributed by atoms with Crippen molar-refractivity contribution in [3.8, 4) is 0 Å². The van der Waals surface area contributed by atoms with Gasteiger partial charge in [0.05, 0.1) is 0 Å². The number of anilines is 1. The van der Waals surface area contributed by atoms with Crippen LogP contribution >= 0.6 is 0 Å². The molecule has 1 N–H and O–H groups in total. The zero-order valence-corrected chi connectivity index (χ0v) is 11.7. The Kier molecular flexibility index (Phi) is 5.00. The van der Waals surface area contributed by atoms with Gasteiger partial charge in [-0.3, -0.25) is 4.98 Å². The quantitative estimate of drug-likeness (QED) is 0.784. The summed E-state index contributed by atoms with van der Waals surface area (Å²) in [4.78, 5) is 6.79. The van der Waals surface area contributed by atoms with Crippen LogP contribution in [-0.4, -0.2) is 24.6 Å². The number of aromatic nitrogens is 1. The summed E-state index contributed by atoms with van der Waals surface area (Å²) in [5.74, 6) is 0.870. The Bertz CT molecular complexity index is 365. The third-order valence-electron chi connectivity index (χ3n) is 3.82. The smallest absolute Gasteiger partial charge is 0.0442 e. The van der Waals surface area contributed by atoms with E-state index in [1.807, 2.05) is 12.4 Å². The third kappa shape index (κ3) is 3.22. The molecule has 0 aromatic carbocycles. The molecule has 3 nitrogen and oxygen atoms in total. The molecule has 1 aromatic heterocycles. The maximum absolute atomic E-state index is 4.27. The van der Waals surface area contributed by atoms with Gasteiger partial charge in [0.2, 0.25) is 0 Å². The summed E-state index contributed by atoms with van der Waals surface area (Å²) < 4.78 is 0. The molecule has 1 unspecified atom stereocenters. The highest BCUT2D eigenvalue weighted by Crippen LogP contribution is 2.27. The van der Waals surface area contributed by atoms with Gasteiger partial charge in [-0.15, -0.1) is 0 Å². The predicted octanol–water partition coefficient (Wildman–Crippen LogP) is 2.82. The molecule has 100 valence electrons. The van der Waals surface area contributed by atoms with Crippen molar-refractivity contribution >= 4 is 5.69 Å². The van der Waals surface area contributed by atoms with E-state index in [9.17, 15) is 0 Å². The zero-order valence-electron chi connectivity index (χ0n) is 11.7. The van der Waals surface area contributed by atoms with Crippen LogP contribution in [0.25, 0.3) is 0 Å². The van der Waals surface area contributed by atoms with Crippen LogP contribution in [0.2, 0.25) is 0 Å². The van der Waals surface area contributed by atoms with Crippen molar-refractivity contribution in [3.05, 3.63) is 24.0 Å². The highest BCUT2D eigenvalue weighted by atomic mass is 15.2. The molecule has 0 bridgehead atoms. The molecule has 1 aliphatic heterocycles.